The largest absolute Gasteiger partial charge is 0.374 e. The third-order valence-corrected chi connectivity index (χ3v) is 5.39. The van der Waals surface area contributed by atoms with Crippen LogP contribution in [0.4, 0.5) is 0 Å². The van der Waals surface area contributed by atoms with E-state index in [2.05, 4.69) is 22.2 Å². The molecule has 2 heterocycles. The molecule has 0 spiro atoms. The molecule has 0 radical (unpaired) electrons. The summed E-state index contributed by atoms with van der Waals surface area (Å²) < 4.78 is 5.93. The van der Waals surface area contributed by atoms with E-state index in [1.807, 2.05) is 0 Å². The van der Waals surface area contributed by atoms with Gasteiger partial charge in [-0.2, -0.15) is 0 Å². The molecule has 0 aromatic heterocycles. The van der Waals surface area contributed by atoms with E-state index in [1.165, 1.54) is 51.6 Å². The van der Waals surface area contributed by atoms with Crippen LogP contribution < -0.4 is 5.32 Å². The third-order valence-electron chi connectivity index (χ3n) is 5.04. The van der Waals surface area contributed by atoms with E-state index in [0.717, 1.165) is 18.3 Å². The summed E-state index contributed by atoms with van der Waals surface area (Å²) in [7, 11) is 2.20. The van der Waals surface area contributed by atoms with Gasteiger partial charge >= 0.3 is 0 Å². The summed E-state index contributed by atoms with van der Waals surface area (Å²) in [4.78, 5) is 4.81. The molecule has 3 rings (SSSR count). The molecule has 0 aromatic rings. The first-order chi connectivity index (χ1) is 9.74. The first-order valence-corrected chi connectivity index (χ1v) is 8.52. The highest BCUT2D eigenvalue weighted by molar-refractivity contribution is 7.80. The highest BCUT2D eigenvalue weighted by atomic mass is 32.1. The fourth-order valence-electron chi connectivity index (χ4n) is 3.76. The molecule has 2 aliphatic heterocycles. The van der Waals surface area contributed by atoms with Crippen LogP contribution in [0.25, 0.3) is 0 Å². The van der Waals surface area contributed by atoms with Gasteiger partial charge in [0.05, 0.1) is 18.8 Å². The first-order valence-electron chi connectivity index (χ1n) is 8.11. The summed E-state index contributed by atoms with van der Waals surface area (Å²) in [6.07, 6.45) is 7.89. The summed E-state index contributed by atoms with van der Waals surface area (Å²) in [5.41, 5.74) is 0. The Morgan fingerprint density at radius 2 is 1.85 bits per heavy atom. The smallest absolute Gasteiger partial charge is 0.169 e. The Balaban J connectivity index is 1.55. The van der Waals surface area contributed by atoms with Gasteiger partial charge in [0.1, 0.15) is 0 Å². The normalized spacial score (nSPS) is 32.8. The number of ether oxygens (including phenoxy) is 1. The molecule has 0 bridgehead atoms. The number of nitrogens with one attached hydrogen (secondary N) is 1. The number of hydrogen-bond acceptors (Lipinski definition) is 3. The molecule has 1 saturated carbocycles. The average molecular weight is 297 g/mol. The molecule has 3 fully saturated rings. The Hall–Kier alpha value is -0.390. The number of piperidine rings is 1. The summed E-state index contributed by atoms with van der Waals surface area (Å²) in [6, 6.07) is 1.08. The number of thiocarbonyl (C=S) groups is 1. The Bertz CT molecular complexity index is 342. The molecule has 0 amide bonds. The molecule has 3 aliphatic rings. The van der Waals surface area contributed by atoms with Crippen molar-refractivity contribution in [2.24, 2.45) is 0 Å². The summed E-state index contributed by atoms with van der Waals surface area (Å²) >= 11 is 5.70. The lowest BCUT2D eigenvalue weighted by atomic mass is 9.90. The van der Waals surface area contributed by atoms with Crippen molar-refractivity contribution in [1.29, 1.82) is 0 Å². The van der Waals surface area contributed by atoms with Crippen molar-refractivity contribution in [3.63, 3.8) is 0 Å². The zero-order valence-electron chi connectivity index (χ0n) is 12.5. The monoisotopic (exact) mass is 297 g/mol. The standard InChI is InChI=1S/C15H27N3OS/c1-17-8-6-12(7-9-17)16-15(20)18-10-11-19-14-5-3-2-4-13(14)18/h12-14H,2-11H2,1H3,(H,16,20)/t13-,14+/m0/s1. The highest BCUT2D eigenvalue weighted by Gasteiger charge is 2.35. The second kappa shape index (κ2) is 6.58. The van der Waals surface area contributed by atoms with Gasteiger partial charge < -0.3 is 19.9 Å². The van der Waals surface area contributed by atoms with Gasteiger partial charge in [0.2, 0.25) is 0 Å². The fraction of sp³-hybridized carbons (Fsp3) is 0.933. The fourth-order valence-corrected chi connectivity index (χ4v) is 4.15. The molecule has 114 valence electrons. The van der Waals surface area contributed by atoms with E-state index in [1.54, 1.807) is 0 Å². The number of morpholine rings is 1. The molecule has 2 atom stereocenters. The van der Waals surface area contributed by atoms with Gasteiger partial charge in [0.25, 0.3) is 0 Å². The second-order valence-corrected chi connectivity index (χ2v) is 6.87. The van der Waals surface area contributed by atoms with Crippen LogP contribution >= 0.6 is 12.2 Å². The Kier molecular flexibility index (Phi) is 4.79. The summed E-state index contributed by atoms with van der Waals surface area (Å²) in [5, 5.41) is 4.59. The van der Waals surface area contributed by atoms with Crippen LogP contribution in [-0.2, 0) is 4.74 Å². The number of likely N-dealkylation sites (tertiary alicyclic amines) is 1. The minimum atomic E-state index is 0.412. The highest BCUT2D eigenvalue weighted by Crippen LogP contribution is 2.28. The van der Waals surface area contributed by atoms with Crippen molar-refractivity contribution in [2.45, 2.75) is 56.7 Å². The van der Waals surface area contributed by atoms with Crippen molar-refractivity contribution in [2.75, 3.05) is 33.3 Å². The van der Waals surface area contributed by atoms with E-state index < -0.39 is 0 Å². The Morgan fingerprint density at radius 1 is 1.10 bits per heavy atom. The molecule has 5 heteroatoms. The maximum absolute atomic E-state index is 5.93. The van der Waals surface area contributed by atoms with Crippen molar-refractivity contribution in [3.05, 3.63) is 0 Å². The maximum atomic E-state index is 5.93. The van der Waals surface area contributed by atoms with Gasteiger partial charge in [0.15, 0.2) is 5.11 Å². The van der Waals surface area contributed by atoms with Crippen LogP contribution in [0.15, 0.2) is 0 Å². The summed E-state index contributed by atoms with van der Waals surface area (Å²) in [6.45, 7) is 4.14. The summed E-state index contributed by atoms with van der Waals surface area (Å²) in [5.74, 6) is 0. The van der Waals surface area contributed by atoms with Crippen LogP contribution in [0.3, 0.4) is 0 Å². The average Bonchev–Trinajstić information content (AvgIpc) is 2.49. The Morgan fingerprint density at radius 3 is 2.65 bits per heavy atom. The minimum absolute atomic E-state index is 0.412. The number of hydrogen-bond donors (Lipinski definition) is 1. The quantitative estimate of drug-likeness (QED) is 0.742. The predicted molar refractivity (Wildman–Crippen MR) is 85.0 cm³/mol. The van der Waals surface area contributed by atoms with Crippen LogP contribution in [0.5, 0.6) is 0 Å². The SMILES string of the molecule is CN1CCC(NC(=S)N2CCO[C@@H]3CCCC[C@@H]32)CC1. The molecule has 4 nitrogen and oxygen atoms in total. The van der Waals surface area contributed by atoms with Gasteiger partial charge in [-0.15, -0.1) is 0 Å². The van der Waals surface area contributed by atoms with E-state index in [-0.39, 0.29) is 0 Å². The Labute approximate surface area is 127 Å². The van der Waals surface area contributed by atoms with Gasteiger partial charge in [-0.25, -0.2) is 0 Å². The third kappa shape index (κ3) is 3.26. The topological polar surface area (TPSA) is 27.7 Å². The van der Waals surface area contributed by atoms with Crippen molar-refractivity contribution in [1.82, 2.24) is 15.1 Å². The molecular formula is C15H27N3OS. The zero-order chi connectivity index (χ0) is 13.9. The number of nitrogens with zero attached hydrogens (tertiary/aromatic N) is 2. The minimum Gasteiger partial charge on any atom is -0.374 e. The van der Waals surface area contributed by atoms with Crippen LogP contribution in [0, 0.1) is 0 Å². The van der Waals surface area contributed by atoms with Crippen molar-refractivity contribution in [3.8, 4) is 0 Å². The van der Waals surface area contributed by atoms with E-state index in [9.17, 15) is 0 Å². The predicted octanol–water partition coefficient (Wildman–Crippen LogP) is 1.60. The number of rotatable bonds is 1. The van der Waals surface area contributed by atoms with E-state index in [0.29, 0.717) is 18.2 Å². The second-order valence-electron chi connectivity index (χ2n) is 6.48. The molecule has 0 aromatic carbocycles. The van der Waals surface area contributed by atoms with Gasteiger partial charge in [-0.3, -0.25) is 0 Å². The maximum Gasteiger partial charge on any atom is 0.169 e. The van der Waals surface area contributed by atoms with E-state index in [4.69, 9.17) is 17.0 Å². The lowest BCUT2D eigenvalue weighted by Crippen LogP contribution is -2.59. The number of fused-ring (bicyclic) bond motifs is 1. The van der Waals surface area contributed by atoms with Crippen LogP contribution in [-0.4, -0.2) is 66.4 Å². The van der Waals surface area contributed by atoms with Crippen molar-refractivity contribution < 1.29 is 4.74 Å². The lowest BCUT2D eigenvalue weighted by Gasteiger charge is -2.45. The van der Waals surface area contributed by atoms with Crippen LogP contribution in [0.2, 0.25) is 0 Å². The first kappa shape index (κ1) is 14.5. The van der Waals surface area contributed by atoms with E-state index >= 15 is 0 Å². The van der Waals surface area contributed by atoms with Crippen molar-refractivity contribution >= 4 is 17.3 Å². The van der Waals surface area contributed by atoms with Gasteiger partial charge in [-0.1, -0.05) is 12.8 Å². The lowest BCUT2D eigenvalue weighted by molar-refractivity contribution is -0.0641. The molecule has 0 unspecified atom stereocenters. The zero-order valence-corrected chi connectivity index (χ0v) is 13.3. The molecule has 1 N–H and O–H groups in total. The molecule has 1 aliphatic carbocycles. The van der Waals surface area contributed by atoms with Gasteiger partial charge in [0, 0.05) is 12.6 Å². The molecular weight excluding hydrogens is 270 g/mol. The van der Waals surface area contributed by atoms with Gasteiger partial charge in [-0.05, 0) is 58.0 Å². The molecule has 20 heavy (non-hydrogen) atoms. The van der Waals surface area contributed by atoms with Crippen LogP contribution in [0.1, 0.15) is 38.5 Å². The molecule has 2 saturated heterocycles.